The summed E-state index contributed by atoms with van der Waals surface area (Å²) in [6, 6.07) is 0. The lowest BCUT2D eigenvalue weighted by Crippen LogP contribution is -2.27. The van der Waals surface area contributed by atoms with Crippen molar-refractivity contribution in [2.45, 2.75) is 26.3 Å². The number of imidazole rings is 1. The highest BCUT2D eigenvalue weighted by molar-refractivity contribution is 5.81. The van der Waals surface area contributed by atoms with Crippen LogP contribution in [0.3, 0.4) is 0 Å². The molecule has 1 aromatic rings. The number of carbonyl (C=O) groups excluding carboxylic acids is 2. The van der Waals surface area contributed by atoms with Crippen molar-refractivity contribution >= 4 is 11.9 Å². The maximum Gasteiger partial charge on any atom is 0.306 e. The van der Waals surface area contributed by atoms with Crippen molar-refractivity contribution in [1.29, 1.82) is 0 Å². The number of esters is 1. The number of rotatable bonds is 7. The average molecular weight is 239 g/mol. The monoisotopic (exact) mass is 239 g/mol. The highest BCUT2D eigenvalue weighted by Crippen LogP contribution is 1.93. The molecular weight excluding hydrogens is 222 g/mol. The SMILES string of the molecule is CCOC(=O)CCC(=O)NCCn1ccnc1. The van der Waals surface area contributed by atoms with E-state index >= 15 is 0 Å². The van der Waals surface area contributed by atoms with Crippen LogP contribution in [0.2, 0.25) is 0 Å². The normalized spacial score (nSPS) is 9.94. The predicted octanol–water partition coefficient (Wildman–Crippen LogP) is 0.343. The summed E-state index contributed by atoms with van der Waals surface area (Å²) >= 11 is 0. The molecule has 0 saturated carbocycles. The fourth-order valence-electron chi connectivity index (χ4n) is 1.28. The number of nitrogens with zero attached hydrogens (tertiary/aromatic N) is 2. The van der Waals surface area contributed by atoms with Crippen molar-refractivity contribution in [2.24, 2.45) is 0 Å². The quantitative estimate of drug-likeness (QED) is 0.696. The van der Waals surface area contributed by atoms with Gasteiger partial charge < -0.3 is 14.6 Å². The van der Waals surface area contributed by atoms with Gasteiger partial charge in [-0.2, -0.15) is 0 Å². The van der Waals surface area contributed by atoms with Crippen LogP contribution < -0.4 is 5.32 Å². The summed E-state index contributed by atoms with van der Waals surface area (Å²) in [5.41, 5.74) is 0. The van der Waals surface area contributed by atoms with Gasteiger partial charge >= 0.3 is 5.97 Å². The van der Waals surface area contributed by atoms with Crippen LogP contribution in [0, 0.1) is 0 Å². The standard InChI is InChI=1S/C11H17N3O3/c1-2-17-11(16)4-3-10(15)13-6-8-14-7-5-12-9-14/h5,7,9H,2-4,6,8H2,1H3,(H,13,15). The molecule has 0 aliphatic heterocycles. The number of nitrogens with one attached hydrogen (secondary N) is 1. The van der Waals surface area contributed by atoms with Gasteiger partial charge in [0.1, 0.15) is 0 Å². The Kier molecular flexibility index (Phi) is 5.77. The van der Waals surface area contributed by atoms with Crippen LogP contribution in [0.4, 0.5) is 0 Å². The Labute approximate surface area is 100.0 Å². The van der Waals surface area contributed by atoms with Crippen LogP contribution >= 0.6 is 0 Å². The highest BCUT2D eigenvalue weighted by atomic mass is 16.5. The summed E-state index contributed by atoms with van der Waals surface area (Å²) in [6.45, 7) is 3.29. The molecule has 0 aromatic carbocycles. The zero-order valence-corrected chi connectivity index (χ0v) is 9.89. The van der Waals surface area contributed by atoms with Crippen LogP contribution in [-0.4, -0.2) is 34.6 Å². The van der Waals surface area contributed by atoms with Gasteiger partial charge in [-0.1, -0.05) is 0 Å². The van der Waals surface area contributed by atoms with Crippen LogP contribution in [-0.2, 0) is 20.9 Å². The Morgan fingerprint density at radius 1 is 1.41 bits per heavy atom. The predicted molar refractivity (Wildman–Crippen MR) is 61.1 cm³/mol. The van der Waals surface area contributed by atoms with Crippen molar-refractivity contribution in [1.82, 2.24) is 14.9 Å². The summed E-state index contributed by atoms with van der Waals surface area (Å²) in [5.74, 6) is -0.476. The first-order valence-electron chi connectivity index (χ1n) is 5.60. The molecule has 1 aromatic heterocycles. The molecule has 0 radical (unpaired) electrons. The summed E-state index contributed by atoms with van der Waals surface area (Å²) in [5, 5.41) is 2.72. The molecule has 94 valence electrons. The Bertz CT molecular complexity index is 349. The molecule has 0 unspecified atom stereocenters. The van der Waals surface area contributed by atoms with Gasteiger partial charge in [0.25, 0.3) is 0 Å². The third-order valence-corrected chi connectivity index (χ3v) is 2.11. The zero-order valence-electron chi connectivity index (χ0n) is 9.89. The van der Waals surface area contributed by atoms with Gasteiger partial charge in [0.2, 0.25) is 5.91 Å². The Balaban J connectivity index is 2.07. The van der Waals surface area contributed by atoms with Gasteiger partial charge in [0.05, 0.1) is 19.4 Å². The van der Waals surface area contributed by atoms with E-state index in [1.165, 1.54) is 0 Å². The molecule has 1 amide bonds. The zero-order chi connectivity index (χ0) is 12.5. The van der Waals surface area contributed by atoms with Gasteiger partial charge in [0, 0.05) is 31.9 Å². The van der Waals surface area contributed by atoms with E-state index in [1.807, 2.05) is 10.8 Å². The van der Waals surface area contributed by atoms with Crippen molar-refractivity contribution in [3.05, 3.63) is 18.7 Å². The van der Waals surface area contributed by atoms with Crippen molar-refractivity contribution in [3.8, 4) is 0 Å². The molecule has 6 heteroatoms. The summed E-state index contributed by atoms with van der Waals surface area (Å²) in [6.07, 6.45) is 5.49. The minimum atomic E-state index is -0.336. The molecule has 0 atom stereocenters. The molecule has 1 rings (SSSR count). The maximum atomic E-state index is 11.3. The van der Waals surface area contributed by atoms with E-state index in [2.05, 4.69) is 10.3 Å². The van der Waals surface area contributed by atoms with Gasteiger partial charge in [-0.25, -0.2) is 4.98 Å². The average Bonchev–Trinajstić information content (AvgIpc) is 2.80. The third kappa shape index (κ3) is 5.70. The van der Waals surface area contributed by atoms with E-state index in [0.29, 0.717) is 19.7 Å². The first kappa shape index (κ1) is 13.2. The van der Waals surface area contributed by atoms with E-state index in [-0.39, 0.29) is 24.7 Å². The largest absolute Gasteiger partial charge is 0.466 e. The molecular formula is C11H17N3O3. The van der Waals surface area contributed by atoms with Crippen molar-refractivity contribution in [3.63, 3.8) is 0 Å². The molecule has 6 nitrogen and oxygen atoms in total. The number of amides is 1. The van der Waals surface area contributed by atoms with Gasteiger partial charge in [0.15, 0.2) is 0 Å². The summed E-state index contributed by atoms with van der Waals surface area (Å²) < 4.78 is 6.59. The van der Waals surface area contributed by atoms with Crippen LogP contribution in [0.25, 0.3) is 0 Å². The second kappa shape index (κ2) is 7.43. The molecule has 0 bridgehead atoms. The number of ether oxygens (including phenoxy) is 1. The second-order valence-corrected chi connectivity index (χ2v) is 3.46. The molecule has 17 heavy (non-hydrogen) atoms. The van der Waals surface area contributed by atoms with Crippen molar-refractivity contribution in [2.75, 3.05) is 13.2 Å². The van der Waals surface area contributed by atoms with Gasteiger partial charge in [-0.05, 0) is 6.92 Å². The molecule has 0 spiro atoms. The maximum absolute atomic E-state index is 11.3. The topological polar surface area (TPSA) is 73.2 Å². The minimum Gasteiger partial charge on any atom is -0.466 e. The summed E-state index contributed by atoms with van der Waals surface area (Å²) in [4.78, 5) is 26.2. The third-order valence-electron chi connectivity index (χ3n) is 2.11. The minimum absolute atomic E-state index is 0.130. The summed E-state index contributed by atoms with van der Waals surface area (Å²) in [7, 11) is 0. The van der Waals surface area contributed by atoms with Gasteiger partial charge in [-0.3, -0.25) is 9.59 Å². The van der Waals surface area contributed by atoms with E-state index in [1.54, 1.807) is 19.4 Å². The fraction of sp³-hybridized carbons (Fsp3) is 0.545. The van der Waals surface area contributed by atoms with E-state index in [0.717, 1.165) is 0 Å². The highest BCUT2D eigenvalue weighted by Gasteiger charge is 2.06. The molecule has 0 aliphatic rings. The first-order chi connectivity index (χ1) is 8.22. The van der Waals surface area contributed by atoms with E-state index in [4.69, 9.17) is 4.74 Å². The fourth-order valence-corrected chi connectivity index (χ4v) is 1.28. The number of hydrogen-bond acceptors (Lipinski definition) is 4. The number of aromatic nitrogens is 2. The first-order valence-corrected chi connectivity index (χ1v) is 5.60. The Hall–Kier alpha value is -1.85. The molecule has 0 saturated heterocycles. The van der Waals surface area contributed by atoms with E-state index < -0.39 is 0 Å². The number of carbonyl (C=O) groups is 2. The van der Waals surface area contributed by atoms with Crippen molar-refractivity contribution < 1.29 is 14.3 Å². The Morgan fingerprint density at radius 3 is 2.88 bits per heavy atom. The Morgan fingerprint density at radius 2 is 2.24 bits per heavy atom. The molecule has 1 heterocycles. The lowest BCUT2D eigenvalue weighted by Gasteiger charge is -2.05. The van der Waals surface area contributed by atoms with Crippen LogP contribution in [0.5, 0.6) is 0 Å². The lowest BCUT2D eigenvalue weighted by molar-refractivity contribution is -0.144. The van der Waals surface area contributed by atoms with Crippen LogP contribution in [0.15, 0.2) is 18.7 Å². The molecule has 1 N–H and O–H groups in total. The van der Waals surface area contributed by atoms with Gasteiger partial charge in [-0.15, -0.1) is 0 Å². The lowest BCUT2D eigenvalue weighted by atomic mass is 10.3. The smallest absolute Gasteiger partial charge is 0.306 e. The number of hydrogen-bond donors (Lipinski definition) is 1. The molecule has 0 aliphatic carbocycles. The molecule has 0 fully saturated rings. The van der Waals surface area contributed by atoms with Crippen LogP contribution in [0.1, 0.15) is 19.8 Å². The second-order valence-electron chi connectivity index (χ2n) is 3.46. The van der Waals surface area contributed by atoms with E-state index in [9.17, 15) is 9.59 Å².